The van der Waals surface area contributed by atoms with Crippen LogP contribution in [0, 0.1) is 0 Å². The third-order valence-corrected chi connectivity index (χ3v) is 4.14. The summed E-state index contributed by atoms with van der Waals surface area (Å²) in [5, 5.41) is 9.10. The van der Waals surface area contributed by atoms with E-state index in [2.05, 4.69) is 5.32 Å². The Balaban J connectivity index is 2.22. The number of urea groups is 1. The molecule has 1 aliphatic rings. The standard InChI is InChI=1S/C12H11F3N2O3S/c13-12(14,15)10-17(8(6-21-10)9(18)19)11(20)16-7-4-2-1-3-5-7/h1-5,8,10H,6H2,(H,16,20)(H,18,19). The number of nitrogens with zero attached hydrogens (tertiary/aromatic N) is 1. The van der Waals surface area contributed by atoms with E-state index in [-0.39, 0.29) is 5.75 Å². The van der Waals surface area contributed by atoms with Crippen molar-refractivity contribution in [2.45, 2.75) is 17.6 Å². The van der Waals surface area contributed by atoms with Crippen LogP contribution in [-0.2, 0) is 4.79 Å². The first-order chi connectivity index (χ1) is 9.80. The molecule has 0 aromatic heterocycles. The van der Waals surface area contributed by atoms with Crippen LogP contribution in [0.25, 0.3) is 0 Å². The molecule has 1 aromatic carbocycles. The first kappa shape index (κ1) is 15.5. The molecule has 1 saturated heterocycles. The summed E-state index contributed by atoms with van der Waals surface area (Å²) in [5.74, 6) is -1.76. The fraction of sp³-hybridized carbons (Fsp3) is 0.333. The van der Waals surface area contributed by atoms with Crippen molar-refractivity contribution in [1.82, 2.24) is 4.90 Å². The predicted octanol–water partition coefficient (Wildman–Crippen LogP) is 2.61. The van der Waals surface area contributed by atoms with E-state index in [1.807, 2.05) is 0 Å². The number of halogens is 3. The molecule has 2 amide bonds. The maximum Gasteiger partial charge on any atom is 0.418 e. The van der Waals surface area contributed by atoms with Gasteiger partial charge in [-0.05, 0) is 12.1 Å². The number of thioether (sulfide) groups is 1. The molecule has 0 bridgehead atoms. The minimum Gasteiger partial charge on any atom is -0.480 e. The Labute approximate surface area is 122 Å². The quantitative estimate of drug-likeness (QED) is 0.879. The van der Waals surface area contributed by atoms with Gasteiger partial charge in [-0.25, -0.2) is 9.59 Å². The zero-order chi connectivity index (χ0) is 15.6. The molecule has 0 saturated carbocycles. The summed E-state index contributed by atoms with van der Waals surface area (Å²) in [4.78, 5) is 23.4. The van der Waals surface area contributed by atoms with Gasteiger partial charge in [-0.2, -0.15) is 13.2 Å². The Morgan fingerprint density at radius 3 is 2.43 bits per heavy atom. The predicted molar refractivity (Wildman–Crippen MR) is 71.0 cm³/mol. The van der Waals surface area contributed by atoms with Gasteiger partial charge in [0.25, 0.3) is 0 Å². The van der Waals surface area contributed by atoms with E-state index in [1.165, 1.54) is 12.1 Å². The molecule has 1 heterocycles. The highest BCUT2D eigenvalue weighted by Gasteiger charge is 2.54. The fourth-order valence-corrected chi connectivity index (χ4v) is 3.17. The van der Waals surface area contributed by atoms with Crippen molar-refractivity contribution in [2.24, 2.45) is 0 Å². The number of benzene rings is 1. The van der Waals surface area contributed by atoms with Crippen LogP contribution in [0.4, 0.5) is 23.7 Å². The van der Waals surface area contributed by atoms with E-state index < -0.39 is 29.6 Å². The summed E-state index contributed by atoms with van der Waals surface area (Å²) in [6.07, 6.45) is -4.69. The SMILES string of the molecule is O=C(O)C1CSC(C(F)(F)F)N1C(=O)Nc1ccccc1. The summed E-state index contributed by atoms with van der Waals surface area (Å²) in [6.45, 7) is 0. The van der Waals surface area contributed by atoms with Crippen molar-refractivity contribution in [1.29, 1.82) is 0 Å². The fourth-order valence-electron chi connectivity index (χ4n) is 1.91. The number of anilines is 1. The Hall–Kier alpha value is -1.90. The minimum atomic E-state index is -4.69. The molecule has 2 unspecified atom stereocenters. The Bertz CT molecular complexity index is 538. The molecule has 114 valence electrons. The van der Waals surface area contributed by atoms with Crippen molar-refractivity contribution in [3.63, 3.8) is 0 Å². The Kier molecular flexibility index (Phi) is 4.31. The van der Waals surface area contributed by atoms with Gasteiger partial charge in [0.2, 0.25) is 0 Å². The third kappa shape index (κ3) is 3.41. The van der Waals surface area contributed by atoms with E-state index in [0.717, 1.165) is 0 Å². The van der Waals surface area contributed by atoms with Crippen molar-refractivity contribution < 1.29 is 27.9 Å². The summed E-state index contributed by atoms with van der Waals surface area (Å²) in [6, 6.07) is 5.29. The number of carboxylic acids is 1. The summed E-state index contributed by atoms with van der Waals surface area (Å²) < 4.78 is 38.7. The number of amides is 2. The number of rotatable bonds is 2. The maximum atomic E-state index is 12.9. The zero-order valence-electron chi connectivity index (χ0n) is 10.5. The number of carboxylic acid groups (broad SMARTS) is 1. The summed E-state index contributed by atoms with van der Waals surface area (Å²) in [5.41, 5.74) is 0.296. The highest BCUT2D eigenvalue weighted by atomic mass is 32.2. The highest BCUT2D eigenvalue weighted by Crippen LogP contribution is 2.40. The summed E-state index contributed by atoms with van der Waals surface area (Å²) in [7, 11) is 0. The molecule has 2 N–H and O–H groups in total. The van der Waals surface area contributed by atoms with Crippen LogP contribution in [0.3, 0.4) is 0 Å². The lowest BCUT2D eigenvalue weighted by molar-refractivity contribution is -0.158. The van der Waals surface area contributed by atoms with Gasteiger partial charge >= 0.3 is 18.2 Å². The van der Waals surface area contributed by atoms with Crippen molar-refractivity contribution in [3.05, 3.63) is 30.3 Å². The molecule has 9 heteroatoms. The number of hydrogen-bond acceptors (Lipinski definition) is 3. The minimum absolute atomic E-state index is 0.296. The van der Waals surface area contributed by atoms with Gasteiger partial charge in [0, 0.05) is 11.4 Å². The number of hydrogen-bond donors (Lipinski definition) is 2. The van der Waals surface area contributed by atoms with E-state index in [4.69, 9.17) is 5.11 Å². The Morgan fingerprint density at radius 1 is 1.29 bits per heavy atom. The van der Waals surface area contributed by atoms with Gasteiger partial charge in [0.1, 0.15) is 6.04 Å². The molecule has 1 aliphatic heterocycles. The highest BCUT2D eigenvalue weighted by molar-refractivity contribution is 8.00. The zero-order valence-corrected chi connectivity index (χ0v) is 11.3. The molecule has 1 aromatic rings. The van der Waals surface area contributed by atoms with Crippen LogP contribution in [0.1, 0.15) is 0 Å². The first-order valence-electron chi connectivity index (χ1n) is 5.86. The lowest BCUT2D eigenvalue weighted by Gasteiger charge is -2.28. The molecule has 0 aliphatic carbocycles. The third-order valence-electron chi connectivity index (χ3n) is 2.83. The molecule has 1 fully saturated rings. The van der Waals surface area contributed by atoms with Gasteiger partial charge in [-0.3, -0.25) is 4.90 Å². The van der Waals surface area contributed by atoms with Crippen molar-refractivity contribution in [3.8, 4) is 0 Å². The maximum absolute atomic E-state index is 12.9. The number of carbonyl (C=O) groups is 2. The van der Waals surface area contributed by atoms with E-state index >= 15 is 0 Å². The van der Waals surface area contributed by atoms with Crippen LogP contribution in [0.5, 0.6) is 0 Å². The number of carbonyl (C=O) groups excluding carboxylic acids is 1. The van der Waals surface area contributed by atoms with Crippen molar-refractivity contribution >= 4 is 29.4 Å². The van der Waals surface area contributed by atoms with E-state index in [1.54, 1.807) is 18.2 Å². The lowest BCUT2D eigenvalue weighted by Crippen LogP contribution is -2.51. The van der Waals surface area contributed by atoms with Gasteiger partial charge in [-0.15, -0.1) is 11.8 Å². The average molecular weight is 320 g/mol. The largest absolute Gasteiger partial charge is 0.480 e. The van der Waals surface area contributed by atoms with Crippen LogP contribution >= 0.6 is 11.8 Å². The molecule has 21 heavy (non-hydrogen) atoms. The molecular formula is C12H11F3N2O3S. The van der Waals surface area contributed by atoms with Crippen LogP contribution < -0.4 is 5.32 Å². The number of aliphatic carboxylic acids is 1. The summed E-state index contributed by atoms with van der Waals surface area (Å²) >= 11 is 0.392. The van der Waals surface area contributed by atoms with Gasteiger partial charge < -0.3 is 10.4 Å². The monoisotopic (exact) mass is 320 g/mol. The van der Waals surface area contributed by atoms with E-state index in [9.17, 15) is 22.8 Å². The molecule has 5 nitrogen and oxygen atoms in total. The normalized spacial score (nSPS) is 22.1. The lowest BCUT2D eigenvalue weighted by atomic mass is 10.3. The van der Waals surface area contributed by atoms with Crippen LogP contribution in [-0.4, -0.2) is 45.4 Å². The van der Waals surface area contributed by atoms with Crippen LogP contribution in [0.15, 0.2) is 30.3 Å². The second-order valence-corrected chi connectivity index (χ2v) is 5.40. The number of nitrogens with one attached hydrogen (secondary N) is 1. The molecule has 2 rings (SSSR count). The number of para-hydroxylation sites is 1. The van der Waals surface area contributed by atoms with Gasteiger partial charge in [0.05, 0.1) is 0 Å². The van der Waals surface area contributed by atoms with Crippen molar-refractivity contribution in [2.75, 3.05) is 11.1 Å². The smallest absolute Gasteiger partial charge is 0.418 e. The molecule has 0 spiro atoms. The van der Waals surface area contributed by atoms with Gasteiger partial charge in [0.15, 0.2) is 5.37 Å². The molecular weight excluding hydrogens is 309 g/mol. The second kappa shape index (κ2) is 5.84. The Morgan fingerprint density at radius 2 is 1.90 bits per heavy atom. The topological polar surface area (TPSA) is 69.6 Å². The van der Waals surface area contributed by atoms with Gasteiger partial charge in [-0.1, -0.05) is 18.2 Å². The molecule has 2 atom stereocenters. The molecule has 0 radical (unpaired) electrons. The van der Waals surface area contributed by atoms with Crippen LogP contribution in [0.2, 0.25) is 0 Å². The average Bonchev–Trinajstić information content (AvgIpc) is 2.84. The number of alkyl halides is 3. The second-order valence-electron chi connectivity index (χ2n) is 4.28. The van der Waals surface area contributed by atoms with E-state index in [0.29, 0.717) is 22.3 Å². The first-order valence-corrected chi connectivity index (χ1v) is 6.91.